The van der Waals surface area contributed by atoms with Crippen LogP contribution in [0, 0.1) is 22.7 Å². The number of allylic oxidation sites excluding steroid dienone is 7. The van der Waals surface area contributed by atoms with Gasteiger partial charge in [-0.05, 0) is 35.8 Å². The van der Waals surface area contributed by atoms with Gasteiger partial charge in [-0.25, -0.2) is 0 Å². The number of hydrogen-bond donors (Lipinski definition) is 0. The standard InChI is InChI=1S/C12H10N2S2/c1-9-10(2)16-12(15-9)6-4-3-5-11(7-13)8-14/h3-6H,1-2H3/b4-3+. The molecular weight excluding hydrogens is 236 g/mol. The molecule has 0 fully saturated rings. The minimum atomic E-state index is 0.117. The Bertz CT molecular complexity index is 450. The van der Waals surface area contributed by atoms with Gasteiger partial charge < -0.3 is 0 Å². The van der Waals surface area contributed by atoms with E-state index in [0.29, 0.717) is 0 Å². The van der Waals surface area contributed by atoms with Crippen molar-refractivity contribution in [2.45, 2.75) is 13.8 Å². The van der Waals surface area contributed by atoms with Crippen LogP contribution in [0.1, 0.15) is 13.8 Å². The Balaban J connectivity index is 2.58. The SMILES string of the molecule is CC1=C(C)SC(=C/C=C/C=C(C#N)C#N)S1. The van der Waals surface area contributed by atoms with Crippen LogP contribution in [0.2, 0.25) is 0 Å². The van der Waals surface area contributed by atoms with Crippen molar-refractivity contribution in [2.24, 2.45) is 0 Å². The van der Waals surface area contributed by atoms with Crippen LogP contribution in [0.25, 0.3) is 0 Å². The zero-order valence-corrected chi connectivity index (χ0v) is 10.7. The minimum absolute atomic E-state index is 0.117. The Morgan fingerprint density at radius 3 is 2.12 bits per heavy atom. The molecule has 0 aromatic carbocycles. The Hall–Kier alpha value is -1.36. The number of thioether (sulfide) groups is 2. The highest BCUT2D eigenvalue weighted by Crippen LogP contribution is 2.48. The molecule has 0 spiro atoms. The van der Waals surface area contributed by atoms with E-state index in [1.165, 1.54) is 20.1 Å². The van der Waals surface area contributed by atoms with Gasteiger partial charge in [-0.2, -0.15) is 10.5 Å². The van der Waals surface area contributed by atoms with Crippen molar-refractivity contribution in [3.05, 3.63) is 43.9 Å². The van der Waals surface area contributed by atoms with E-state index in [1.54, 1.807) is 41.7 Å². The van der Waals surface area contributed by atoms with Crippen molar-refractivity contribution in [1.82, 2.24) is 0 Å². The average Bonchev–Trinajstić information content (AvgIpc) is 2.59. The highest BCUT2D eigenvalue weighted by molar-refractivity contribution is 8.28. The maximum Gasteiger partial charge on any atom is 0.129 e. The molecule has 0 bridgehead atoms. The van der Waals surface area contributed by atoms with E-state index in [-0.39, 0.29) is 5.57 Å². The number of nitriles is 2. The molecule has 0 radical (unpaired) electrons. The Morgan fingerprint density at radius 2 is 1.62 bits per heavy atom. The van der Waals surface area contributed by atoms with Crippen molar-refractivity contribution in [3.8, 4) is 12.1 Å². The third-order valence-corrected chi connectivity index (χ3v) is 4.38. The molecule has 0 aliphatic carbocycles. The molecule has 0 aromatic heterocycles. The van der Waals surface area contributed by atoms with Gasteiger partial charge in [0.1, 0.15) is 17.7 Å². The van der Waals surface area contributed by atoms with Crippen molar-refractivity contribution < 1.29 is 0 Å². The van der Waals surface area contributed by atoms with Gasteiger partial charge in [0.25, 0.3) is 0 Å². The smallest absolute Gasteiger partial charge is 0.129 e. The fourth-order valence-corrected chi connectivity index (χ4v) is 3.27. The van der Waals surface area contributed by atoms with E-state index in [2.05, 4.69) is 13.8 Å². The molecule has 0 saturated carbocycles. The lowest BCUT2D eigenvalue weighted by molar-refractivity contribution is 1.46. The van der Waals surface area contributed by atoms with Crippen LogP contribution >= 0.6 is 23.5 Å². The Morgan fingerprint density at radius 1 is 1.06 bits per heavy atom. The molecule has 16 heavy (non-hydrogen) atoms. The zero-order chi connectivity index (χ0) is 12.0. The summed E-state index contributed by atoms with van der Waals surface area (Å²) in [7, 11) is 0. The number of hydrogen-bond acceptors (Lipinski definition) is 4. The monoisotopic (exact) mass is 246 g/mol. The molecule has 1 heterocycles. The summed E-state index contributed by atoms with van der Waals surface area (Å²) in [4.78, 5) is 2.66. The Labute approximate surface area is 104 Å². The summed E-state index contributed by atoms with van der Waals surface area (Å²) in [5.41, 5.74) is 0.117. The predicted molar refractivity (Wildman–Crippen MR) is 70.1 cm³/mol. The summed E-state index contributed by atoms with van der Waals surface area (Å²) in [5, 5.41) is 17.0. The van der Waals surface area contributed by atoms with Crippen LogP contribution in [0.4, 0.5) is 0 Å². The van der Waals surface area contributed by atoms with Crippen LogP contribution in [0.5, 0.6) is 0 Å². The molecule has 1 aliphatic heterocycles. The molecule has 0 N–H and O–H groups in total. The van der Waals surface area contributed by atoms with Gasteiger partial charge in [-0.3, -0.25) is 0 Å². The Kier molecular flexibility index (Phi) is 4.98. The highest BCUT2D eigenvalue weighted by atomic mass is 32.2. The predicted octanol–water partition coefficient (Wildman–Crippen LogP) is 4.09. The van der Waals surface area contributed by atoms with E-state index < -0.39 is 0 Å². The largest absolute Gasteiger partial charge is 0.192 e. The molecule has 2 nitrogen and oxygen atoms in total. The molecule has 1 aliphatic rings. The zero-order valence-electron chi connectivity index (χ0n) is 9.02. The van der Waals surface area contributed by atoms with Crippen LogP contribution in [0.15, 0.2) is 43.9 Å². The molecule has 0 saturated heterocycles. The number of nitrogens with zero attached hydrogens (tertiary/aromatic N) is 2. The van der Waals surface area contributed by atoms with Gasteiger partial charge in [-0.15, -0.1) is 0 Å². The molecule has 0 unspecified atom stereocenters. The second-order valence-corrected chi connectivity index (χ2v) is 5.76. The first-order chi connectivity index (χ1) is 7.67. The highest BCUT2D eigenvalue weighted by Gasteiger charge is 2.12. The lowest BCUT2D eigenvalue weighted by Gasteiger charge is -1.90. The van der Waals surface area contributed by atoms with Crippen LogP contribution in [0.3, 0.4) is 0 Å². The summed E-state index contributed by atoms with van der Waals surface area (Å²) < 4.78 is 1.22. The number of rotatable bonds is 2. The summed E-state index contributed by atoms with van der Waals surface area (Å²) in [6.07, 6.45) is 7.04. The van der Waals surface area contributed by atoms with Gasteiger partial charge in [0, 0.05) is 4.24 Å². The topological polar surface area (TPSA) is 47.6 Å². The summed E-state index contributed by atoms with van der Waals surface area (Å²) >= 11 is 3.49. The molecule has 0 aromatic rings. The lowest BCUT2D eigenvalue weighted by atomic mass is 10.3. The van der Waals surface area contributed by atoms with E-state index in [9.17, 15) is 0 Å². The first-order valence-electron chi connectivity index (χ1n) is 4.59. The molecular formula is C12H10N2S2. The second kappa shape index (κ2) is 6.27. The fraction of sp³-hybridized carbons (Fsp3) is 0.167. The maximum atomic E-state index is 8.50. The van der Waals surface area contributed by atoms with E-state index in [1.807, 2.05) is 12.2 Å². The van der Waals surface area contributed by atoms with Crippen molar-refractivity contribution in [2.75, 3.05) is 0 Å². The van der Waals surface area contributed by atoms with Gasteiger partial charge in [0.15, 0.2) is 0 Å². The lowest BCUT2D eigenvalue weighted by Crippen LogP contribution is -1.67. The van der Waals surface area contributed by atoms with E-state index in [4.69, 9.17) is 10.5 Å². The maximum absolute atomic E-state index is 8.50. The quantitative estimate of drug-likeness (QED) is 0.544. The normalized spacial score (nSPS) is 14.9. The first kappa shape index (κ1) is 12.7. The summed E-state index contributed by atoms with van der Waals surface area (Å²) in [6.45, 7) is 4.20. The summed E-state index contributed by atoms with van der Waals surface area (Å²) in [5.74, 6) is 0. The molecule has 1 rings (SSSR count). The van der Waals surface area contributed by atoms with Gasteiger partial charge in [0.05, 0.1) is 0 Å². The van der Waals surface area contributed by atoms with Gasteiger partial charge in [0.2, 0.25) is 0 Å². The van der Waals surface area contributed by atoms with Crippen LogP contribution in [-0.2, 0) is 0 Å². The van der Waals surface area contributed by atoms with Gasteiger partial charge >= 0.3 is 0 Å². The second-order valence-electron chi connectivity index (χ2n) is 2.99. The third kappa shape index (κ3) is 3.66. The van der Waals surface area contributed by atoms with Crippen molar-refractivity contribution in [1.29, 1.82) is 10.5 Å². The van der Waals surface area contributed by atoms with E-state index in [0.717, 1.165) is 0 Å². The fourth-order valence-electron chi connectivity index (χ4n) is 0.920. The molecule has 4 heteroatoms. The molecule has 0 amide bonds. The first-order valence-corrected chi connectivity index (χ1v) is 6.22. The molecule has 80 valence electrons. The van der Waals surface area contributed by atoms with E-state index >= 15 is 0 Å². The van der Waals surface area contributed by atoms with Crippen molar-refractivity contribution in [3.63, 3.8) is 0 Å². The van der Waals surface area contributed by atoms with Crippen molar-refractivity contribution >= 4 is 23.5 Å². The summed E-state index contributed by atoms with van der Waals surface area (Å²) in [6, 6.07) is 3.61. The molecule has 0 atom stereocenters. The van der Waals surface area contributed by atoms with Gasteiger partial charge in [-0.1, -0.05) is 35.7 Å². The minimum Gasteiger partial charge on any atom is -0.192 e. The average molecular weight is 246 g/mol. The third-order valence-electron chi connectivity index (χ3n) is 1.85. The van der Waals surface area contributed by atoms with Crippen LogP contribution in [-0.4, -0.2) is 0 Å². The van der Waals surface area contributed by atoms with Crippen LogP contribution < -0.4 is 0 Å².